The highest BCUT2D eigenvalue weighted by molar-refractivity contribution is 7.95. The Morgan fingerprint density at radius 2 is 1.14 bits per heavy atom. The molecular formula is C22H21NO4S2. The van der Waals surface area contributed by atoms with Crippen molar-refractivity contribution in [2.75, 3.05) is 0 Å². The van der Waals surface area contributed by atoms with Gasteiger partial charge in [-0.05, 0) is 43.7 Å². The van der Waals surface area contributed by atoms with E-state index in [0.29, 0.717) is 5.56 Å². The normalized spacial score (nSPS) is 21.7. The molecule has 1 aliphatic heterocycles. The summed E-state index contributed by atoms with van der Waals surface area (Å²) in [4.78, 5) is 0.210. The number of sulfone groups is 1. The first-order chi connectivity index (χ1) is 13.7. The first-order valence-corrected chi connectivity index (χ1v) is 12.2. The van der Waals surface area contributed by atoms with E-state index in [-0.39, 0.29) is 9.79 Å². The van der Waals surface area contributed by atoms with Crippen LogP contribution in [0, 0.1) is 13.8 Å². The van der Waals surface area contributed by atoms with E-state index in [9.17, 15) is 16.8 Å². The summed E-state index contributed by atoms with van der Waals surface area (Å²) < 4.78 is 54.3. The highest BCUT2D eigenvalue weighted by Crippen LogP contribution is 2.51. The maximum atomic E-state index is 13.3. The largest absolute Gasteiger partial charge is 0.244 e. The van der Waals surface area contributed by atoms with Crippen LogP contribution in [-0.2, 0) is 19.9 Å². The molecule has 3 atom stereocenters. The quantitative estimate of drug-likeness (QED) is 0.580. The number of hydrogen-bond acceptors (Lipinski definition) is 4. The second kappa shape index (κ2) is 7.09. The van der Waals surface area contributed by atoms with Crippen molar-refractivity contribution in [1.82, 2.24) is 4.31 Å². The van der Waals surface area contributed by atoms with Gasteiger partial charge in [-0.15, -0.1) is 0 Å². The van der Waals surface area contributed by atoms with Crippen LogP contribution >= 0.6 is 0 Å². The second-order valence-electron chi connectivity index (χ2n) is 7.25. The monoisotopic (exact) mass is 427 g/mol. The van der Waals surface area contributed by atoms with Gasteiger partial charge in [0.05, 0.1) is 15.8 Å². The van der Waals surface area contributed by atoms with Gasteiger partial charge in [-0.2, -0.15) is 4.31 Å². The molecule has 150 valence electrons. The summed E-state index contributed by atoms with van der Waals surface area (Å²) in [5, 5.41) is -1.17. The molecule has 3 unspecified atom stereocenters. The van der Waals surface area contributed by atoms with Crippen LogP contribution in [0.3, 0.4) is 0 Å². The molecule has 0 bridgehead atoms. The number of hydrogen-bond donors (Lipinski definition) is 0. The van der Waals surface area contributed by atoms with Crippen LogP contribution in [-0.4, -0.2) is 26.5 Å². The van der Waals surface area contributed by atoms with Crippen LogP contribution in [0.25, 0.3) is 0 Å². The van der Waals surface area contributed by atoms with Crippen LogP contribution in [0.4, 0.5) is 0 Å². The van der Waals surface area contributed by atoms with Gasteiger partial charge in [-0.3, -0.25) is 0 Å². The molecule has 0 aliphatic carbocycles. The molecule has 1 fully saturated rings. The molecule has 0 spiro atoms. The van der Waals surface area contributed by atoms with E-state index in [4.69, 9.17) is 0 Å². The Bertz CT molecular complexity index is 1150. The van der Waals surface area contributed by atoms with Crippen molar-refractivity contribution in [3.05, 3.63) is 95.6 Å². The minimum absolute atomic E-state index is 0.0886. The number of nitrogens with zero attached hydrogens (tertiary/aromatic N) is 1. The summed E-state index contributed by atoms with van der Waals surface area (Å²) in [6, 6.07) is 21.1. The third kappa shape index (κ3) is 3.50. The van der Waals surface area contributed by atoms with E-state index in [2.05, 4.69) is 0 Å². The number of rotatable bonds is 5. The molecule has 4 rings (SSSR count). The minimum Gasteiger partial charge on any atom is -0.222 e. The van der Waals surface area contributed by atoms with E-state index in [0.717, 1.165) is 15.4 Å². The van der Waals surface area contributed by atoms with Crippen molar-refractivity contribution < 1.29 is 16.8 Å². The maximum Gasteiger partial charge on any atom is 0.244 e. The smallest absolute Gasteiger partial charge is 0.222 e. The average Bonchev–Trinajstić information content (AvgIpc) is 3.47. The molecule has 1 aliphatic rings. The second-order valence-corrected chi connectivity index (χ2v) is 11.1. The number of aryl methyl sites for hydroxylation is 2. The van der Waals surface area contributed by atoms with E-state index in [1.165, 1.54) is 24.3 Å². The minimum atomic E-state index is -3.97. The summed E-state index contributed by atoms with van der Waals surface area (Å²) >= 11 is 0. The van der Waals surface area contributed by atoms with Gasteiger partial charge in [0.15, 0.2) is 15.2 Å². The van der Waals surface area contributed by atoms with E-state index in [1.807, 2.05) is 19.9 Å². The predicted octanol–water partition coefficient (Wildman–Crippen LogP) is 3.85. The molecule has 3 aromatic carbocycles. The first kappa shape index (κ1) is 19.8. The van der Waals surface area contributed by atoms with Crippen LogP contribution in [0.1, 0.15) is 22.7 Å². The Hall–Kier alpha value is -2.48. The Morgan fingerprint density at radius 1 is 0.655 bits per heavy atom. The van der Waals surface area contributed by atoms with Gasteiger partial charge in [0, 0.05) is 0 Å². The van der Waals surface area contributed by atoms with Gasteiger partial charge < -0.3 is 0 Å². The summed E-state index contributed by atoms with van der Waals surface area (Å²) in [7, 11) is -7.86. The molecule has 5 nitrogen and oxygen atoms in total. The maximum absolute atomic E-state index is 13.3. The molecule has 3 aromatic rings. The molecule has 1 heterocycles. The van der Waals surface area contributed by atoms with Gasteiger partial charge in [0.25, 0.3) is 0 Å². The van der Waals surface area contributed by atoms with Crippen LogP contribution in [0.15, 0.2) is 88.7 Å². The topological polar surface area (TPSA) is 71.3 Å². The molecule has 29 heavy (non-hydrogen) atoms. The van der Waals surface area contributed by atoms with Gasteiger partial charge in [0.1, 0.15) is 0 Å². The molecular weight excluding hydrogens is 406 g/mol. The molecule has 7 heteroatoms. The average molecular weight is 428 g/mol. The summed E-state index contributed by atoms with van der Waals surface area (Å²) in [5.41, 5.74) is 2.52. The van der Waals surface area contributed by atoms with Crippen molar-refractivity contribution in [2.45, 2.75) is 35.1 Å². The highest BCUT2D eigenvalue weighted by Gasteiger charge is 2.63. The van der Waals surface area contributed by atoms with Crippen molar-refractivity contribution in [2.24, 2.45) is 0 Å². The summed E-state index contributed by atoms with van der Waals surface area (Å²) in [6.07, 6.45) is 0. The Morgan fingerprint density at radius 3 is 1.66 bits per heavy atom. The Kier molecular flexibility index (Phi) is 4.85. The fourth-order valence-corrected chi connectivity index (χ4v) is 7.55. The van der Waals surface area contributed by atoms with Gasteiger partial charge in [0.2, 0.25) is 10.0 Å². The van der Waals surface area contributed by atoms with Crippen LogP contribution in [0.5, 0.6) is 0 Å². The first-order valence-electron chi connectivity index (χ1n) is 9.19. The van der Waals surface area contributed by atoms with Crippen LogP contribution < -0.4 is 0 Å². The van der Waals surface area contributed by atoms with Crippen molar-refractivity contribution in [1.29, 1.82) is 0 Å². The molecule has 0 aromatic heterocycles. The van der Waals surface area contributed by atoms with Crippen LogP contribution in [0.2, 0.25) is 0 Å². The zero-order chi connectivity index (χ0) is 20.8. The predicted molar refractivity (Wildman–Crippen MR) is 112 cm³/mol. The standard InChI is InChI=1S/C22H21NO4S2/c1-16-8-12-19(13-9-16)28(24,25)22-21(18-6-4-3-5-7-18)23(22)29(26,27)20-14-10-17(2)11-15-20/h3-15,21-22H,1-2H3. The fourth-order valence-electron chi connectivity index (χ4n) is 3.44. The van der Waals surface area contributed by atoms with Crippen molar-refractivity contribution in [3.8, 4) is 0 Å². The molecule has 0 N–H and O–H groups in total. The Labute approximate surface area is 171 Å². The zero-order valence-corrected chi connectivity index (χ0v) is 17.7. The lowest BCUT2D eigenvalue weighted by Crippen LogP contribution is -2.20. The van der Waals surface area contributed by atoms with Crippen molar-refractivity contribution >= 4 is 19.9 Å². The highest BCUT2D eigenvalue weighted by atomic mass is 32.2. The third-order valence-corrected chi connectivity index (χ3v) is 9.17. The van der Waals surface area contributed by atoms with Gasteiger partial charge >= 0.3 is 0 Å². The number of sulfonamides is 1. The lowest BCUT2D eigenvalue weighted by atomic mass is 10.2. The summed E-state index contributed by atoms with van der Waals surface area (Å²) in [6.45, 7) is 3.74. The Balaban J connectivity index is 1.80. The zero-order valence-electron chi connectivity index (χ0n) is 16.1. The van der Waals surface area contributed by atoms with E-state index < -0.39 is 31.3 Å². The molecule has 0 amide bonds. The van der Waals surface area contributed by atoms with Crippen molar-refractivity contribution in [3.63, 3.8) is 0 Å². The SMILES string of the molecule is Cc1ccc(S(=O)(=O)C2C(c3ccccc3)N2S(=O)(=O)c2ccc(C)cc2)cc1. The van der Waals surface area contributed by atoms with E-state index in [1.54, 1.807) is 48.5 Å². The lowest BCUT2D eigenvalue weighted by molar-refractivity contribution is 0.546. The fraction of sp³-hybridized carbons (Fsp3) is 0.182. The molecule has 1 saturated heterocycles. The third-order valence-electron chi connectivity index (χ3n) is 5.11. The lowest BCUT2D eigenvalue weighted by Gasteiger charge is -2.08. The molecule has 0 radical (unpaired) electrons. The van der Waals surface area contributed by atoms with Gasteiger partial charge in [-0.25, -0.2) is 16.8 Å². The van der Waals surface area contributed by atoms with E-state index >= 15 is 0 Å². The molecule has 0 saturated carbocycles. The number of benzene rings is 3. The summed E-state index contributed by atoms with van der Waals surface area (Å²) in [5.74, 6) is 0. The van der Waals surface area contributed by atoms with Gasteiger partial charge in [-0.1, -0.05) is 65.7 Å².